The maximum Gasteiger partial charge on any atom is 0.236 e. The molecule has 0 atom stereocenters. The first kappa shape index (κ1) is 18.0. The van der Waals surface area contributed by atoms with Crippen molar-refractivity contribution in [3.05, 3.63) is 0 Å². The van der Waals surface area contributed by atoms with Crippen LogP contribution in [0, 0.1) is 0 Å². The Hall–Kier alpha value is 0.0299. The van der Waals surface area contributed by atoms with Crippen LogP contribution >= 0.6 is 31.9 Å². The zero-order chi connectivity index (χ0) is 14.8. The summed E-state index contributed by atoms with van der Waals surface area (Å²) in [5.74, 6) is -0.727. The summed E-state index contributed by atoms with van der Waals surface area (Å²) < 4.78 is -2.28. The van der Waals surface area contributed by atoms with Crippen LogP contribution in [0.25, 0.3) is 0 Å². The van der Waals surface area contributed by atoms with E-state index in [1.165, 1.54) is 0 Å². The fourth-order valence-corrected chi connectivity index (χ4v) is 1.20. The minimum Gasteiger partial charge on any atom is -0.353 e. The van der Waals surface area contributed by atoms with E-state index in [-0.39, 0.29) is 12.5 Å². The van der Waals surface area contributed by atoms with Crippen LogP contribution in [0.3, 0.4) is 0 Å². The summed E-state index contributed by atoms with van der Waals surface area (Å²) in [7, 11) is 10.8. The molecule has 2 amide bonds. The molecule has 0 bridgehead atoms. The van der Waals surface area contributed by atoms with Gasteiger partial charge < -0.3 is 10.6 Å². The van der Waals surface area contributed by atoms with Crippen molar-refractivity contribution >= 4 is 59.4 Å². The highest BCUT2D eigenvalue weighted by atomic mass is 79.9. The summed E-state index contributed by atoms with van der Waals surface area (Å²) in [4.78, 5) is 23.3. The van der Waals surface area contributed by atoms with Crippen LogP contribution in [0.1, 0.15) is 27.7 Å². The van der Waals surface area contributed by atoms with E-state index < -0.39 is 19.9 Å². The summed E-state index contributed by atoms with van der Waals surface area (Å²) in [5, 5.41) is 5.36. The minimum absolute atomic E-state index is 0.171. The number of alkyl halides is 2. The molecule has 0 unspecified atom stereocenters. The van der Waals surface area contributed by atoms with Crippen LogP contribution in [0.4, 0.5) is 0 Å². The average Bonchev–Trinajstić information content (AvgIpc) is 2.10. The van der Waals surface area contributed by atoms with Crippen molar-refractivity contribution in [1.82, 2.24) is 10.6 Å². The lowest BCUT2D eigenvalue weighted by Crippen LogP contribution is -2.57. The SMILES string of the molecule is [B]C([B])(Br)C(=O)NC(C)(C)CNC(=O)C(C)(C)Br. The lowest BCUT2D eigenvalue weighted by atomic mass is 9.69. The smallest absolute Gasteiger partial charge is 0.236 e. The highest BCUT2D eigenvalue weighted by Crippen LogP contribution is 2.16. The van der Waals surface area contributed by atoms with Crippen molar-refractivity contribution in [3.8, 4) is 0 Å². The van der Waals surface area contributed by atoms with Gasteiger partial charge in [-0.25, -0.2) is 0 Å². The molecule has 0 aromatic heterocycles. The molecule has 4 nitrogen and oxygen atoms in total. The number of halogens is 2. The van der Waals surface area contributed by atoms with Crippen molar-refractivity contribution < 1.29 is 9.59 Å². The molecule has 0 fully saturated rings. The van der Waals surface area contributed by atoms with E-state index in [2.05, 4.69) is 42.5 Å². The second kappa shape index (κ2) is 5.99. The molecule has 0 heterocycles. The summed E-state index contributed by atoms with van der Waals surface area (Å²) in [6.07, 6.45) is 0. The Morgan fingerprint density at radius 1 is 1.06 bits per heavy atom. The fraction of sp³-hybridized carbons (Fsp3) is 0.800. The average molecular weight is 378 g/mol. The van der Waals surface area contributed by atoms with Crippen LogP contribution in [-0.2, 0) is 9.59 Å². The number of hydrogen-bond donors (Lipinski definition) is 2. The van der Waals surface area contributed by atoms with Crippen molar-refractivity contribution in [3.63, 3.8) is 0 Å². The molecule has 0 aliphatic carbocycles. The van der Waals surface area contributed by atoms with Crippen molar-refractivity contribution in [2.75, 3.05) is 6.54 Å². The van der Waals surface area contributed by atoms with Gasteiger partial charge in [0.1, 0.15) is 0 Å². The van der Waals surface area contributed by atoms with Gasteiger partial charge in [0.05, 0.1) is 25.6 Å². The third kappa shape index (κ3) is 6.83. The summed E-state index contributed by atoms with van der Waals surface area (Å²) >= 11 is 6.10. The number of rotatable bonds is 5. The van der Waals surface area contributed by atoms with Crippen LogP contribution in [-0.4, -0.2) is 48.0 Å². The first-order valence-corrected chi connectivity index (χ1v) is 6.91. The Morgan fingerprint density at radius 3 is 1.83 bits per heavy atom. The van der Waals surface area contributed by atoms with E-state index >= 15 is 0 Å². The zero-order valence-electron chi connectivity index (χ0n) is 10.9. The highest BCUT2D eigenvalue weighted by Gasteiger charge is 2.30. The van der Waals surface area contributed by atoms with Gasteiger partial charge in [0.2, 0.25) is 11.8 Å². The van der Waals surface area contributed by atoms with Gasteiger partial charge in [0.15, 0.2) is 0 Å². The summed E-state index contributed by atoms with van der Waals surface area (Å²) in [5.41, 5.74) is -0.664. The molecule has 4 radical (unpaired) electrons. The standard InChI is InChI=1S/C10H16B2Br2N2O2/c1-8(2,16-7(18)10(11,12)14)5-15-6(17)9(3,4)13/h5H2,1-4H3,(H,15,17)(H,16,18). The molecule has 0 rings (SSSR count). The Kier molecular flexibility index (Phi) is 6.00. The molecular formula is C10H16B2Br2N2O2. The first-order valence-electron chi connectivity index (χ1n) is 5.32. The first-order chi connectivity index (χ1) is 7.76. The van der Waals surface area contributed by atoms with Crippen molar-refractivity contribution in [2.24, 2.45) is 0 Å². The maximum atomic E-state index is 11.7. The van der Waals surface area contributed by atoms with Crippen LogP contribution in [0.2, 0.25) is 0 Å². The molecule has 98 valence electrons. The minimum atomic E-state index is -1.62. The Labute approximate surface area is 127 Å². The van der Waals surface area contributed by atoms with E-state index in [0.29, 0.717) is 0 Å². The van der Waals surface area contributed by atoms with Gasteiger partial charge in [-0.15, -0.1) is 0 Å². The number of nitrogens with one attached hydrogen (secondary N) is 2. The van der Waals surface area contributed by atoms with Crippen molar-refractivity contribution in [1.29, 1.82) is 0 Å². The number of carbonyl (C=O) groups excluding carboxylic acids is 2. The lowest BCUT2D eigenvalue weighted by molar-refractivity contribution is -0.124. The van der Waals surface area contributed by atoms with Crippen LogP contribution in [0.5, 0.6) is 0 Å². The van der Waals surface area contributed by atoms with E-state index in [1.807, 2.05) is 0 Å². The Bertz CT molecular complexity index is 336. The van der Waals surface area contributed by atoms with Gasteiger partial charge in [0.25, 0.3) is 0 Å². The van der Waals surface area contributed by atoms with Gasteiger partial charge in [-0.3, -0.25) is 9.59 Å². The second-order valence-electron chi connectivity index (χ2n) is 5.26. The van der Waals surface area contributed by atoms with Crippen LogP contribution in [0.15, 0.2) is 0 Å². The molecule has 0 aromatic rings. The Balaban J connectivity index is 4.42. The maximum absolute atomic E-state index is 11.7. The molecular weight excluding hydrogens is 362 g/mol. The van der Waals surface area contributed by atoms with Gasteiger partial charge in [-0.05, 0) is 27.7 Å². The lowest BCUT2D eigenvalue weighted by Gasteiger charge is -2.31. The van der Waals surface area contributed by atoms with Gasteiger partial charge in [-0.2, -0.15) is 0 Å². The molecule has 0 aliphatic rings. The third-order valence-electron chi connectivity index (χ3n) is 2.03. The van der Waals surface area contributed by atoms with Crippen LogP contribution < -0.4 is 10.6 Å². The topological polar surface area (TPSA) is 58.2 Å². The summed E-state index contributed by atoms with van der Waals surface area (Å²) in [6, 6.07) is 0. The molecule has 0 saturated heterocycles. The molecule has 0 spiro atoms. The second-order valence-corrected chi connectivity index (χ2v) is 8.56. The van der Waals surface area contributed by atoms with Gasteiger partial charge in [-0.1, -0.05) is 31.9 Å². The Morgan fingerprint density at radius 2 is 1.50 bits per heavy atom. The predicted octanol–water partition coefficient (Wildman–Crippen LogP) is 0.557. The highest BCUT2D eigenvalue weighted by molar-refractivity contribution is 9.11. The fourth-order valence-electron chi connectivity index (χ4n) is 0.959. The largest absolute Gasteiger partial charge is 0.353 e. The van der Waals surface area contributed by atoms with E-state index in [9.17, 15) is 9.59 Å². The molecule has 8 heteroatoms. The number of amides is 2. The number of hydrogen-bond acceptors (Lipinski definition) is 2. The van der Waals surface area contributed by atoms with E-state index in [0.717, 1.165) is 0 Å². The monoisotopic (exact) mass is 376 g/mol. The van der Waals surface area contributed by atoms with E-state index in [1.54, 1.807) is 27.7 Å². The third-order valence-corrected chi connectivity index (χ3v) is 2.75. The summed E-state index contributed by atoms with van der Waals surface area (Å²) in [6.45, 7) is 7.24. The normalized spacial score (nSPS) is 13.0. The zero-order valence-corrected chi connectivity index (χ0v) is 14.1. The molecule has 0 aliphatic heterocycles. The number of carbonyl (C=O) groups is 2. The molecule has 0 aromatic carbocycles. The molecule has 0 saturated carbocycles. The molecule has 2 N–H and O–H groups in total. The predicted molar refractivity (Wildman–Crippen MR) is 81.4 cm³/mol. The van der Waals surface area contributed by atoms with Gasteiger partial charge >= 0.3 is 0 Å². The van der Waals surface area contributed by atoms with E-state index in [4.69, 9.17) is 15.7 Å². The van der Waals surface area contributed by atoms with Gasteiger partial charge in [0, 0.05) is 10.7 Å². The van der Waals surface area contributed by atoms with Crippen molar-refractivity contribution in [2.45, 2.75) is 41.7 Å². The molecule has 18 heavy (non-hydrogen) atoms. The quantitative estimate of drug-likeness (QED) is 0.543.